The molecule has 18 heavy (non-hydrogen) atoms. The minimum Gasteiger partial charge on any atom is -0.337 e. The van der Waals surface area contributed by atoms with Gasteiger partial charge in [-0.15, -0.1) is 0 Å². The number of carbonyl (C=O) groups excluding carboxylic acids is 1. The number of nitrogens with zero attached hydrogens (tertiary/aromatic N) is 2. The van der Waals surface area contributed by atoms with Gasteiger partial charge in [0, 0.05) is 24.8 Å². The van der Waals surface area contributed by atoms with E-state index in [1.807, 2.05) is 31.0 Å². The van der Waals surface area contributed by atoms with Crippen LogP contribution in [0.5, 0.6) is 0 Å². The van der Waals surface area contributed by atoms with Crippen LogP contribution in [-0.2, 0) is 0 Å². The van der Waals surface area contributed by atoms with E-state index in [0.29, 0.717) is 17.7 Å². The molecule has 1 N–H and O–H groups in total. The highest BCUT2D eigenvalue weighted by Crippen LogP contribution is 2.18. The zero-order valence-corrected chi connectivity index (χ0v) is 11.3. The Morgan fingerprint density at radius 2 is 2.28 bits per heavy atom. The summed E-state index contributed by atoms with van der Waals surface area (Å²) >= 11 is 0. The molecule has 0 spiro atoms. The molecule has 1 aliphatic heterocycles. The molecular weight excluding hydrogens is 226 g/mol. The fraction of sp³-hybridized carbons (Fsp3) is 0.571. The Bertz CT molecular complexity index is 433. The third-order valence-corrected chi connectivity index (χ3v) is 3.67. The Morgan fingerprint density at radius 3 is 2.89 bits per heavy atom. The number of pyridine rings is 1. The first kappa shape index (κ1) is 13.0. The van der Waals surface area contributed by atoms with Gasteiger partial charge in [-0.1, -0.05) is 13.0 Å². The lowest BCUT2D eigenvalue weighted by molar-refractivity contribution is 0.0643. The molecule has 0 bridgehead atoms. The minimum atomic E-state index is 0.0557. The van der Waals surface area contributed by atoms with E-state index in [4.69, 9.17) is 0 Å². The first-order valence-electron chi connectivity index (χ1n) is 6.52. The van der Waals surface area contributed by atoms with Crippen molar-refractivity contribution in [2.45, 2.75) is 26.3 Å². The van der Waals surface area contributed by atoms with Crippen LogP contribution in [-0.4, -0.2) is 42.0 Å². The summed E-state index contributed by atoms with van der Waals surface area (Å²) in [6.07, 6.45) is 1.01. The van der Waals surface area contributed by atoms with Crippen LogP contribution in [0.2, 0.25) is 0 Å². The van der Waals surface area contributed by atoms with E-state index in [2.05, 4.69) is 17.2 Å². The molecule has 1 amide bonds. The first-order chi connectivity index (χ1) is 8.61. The summed E-state index contributed by atoms with van der Waals surface area (Å²) < 4.78 is 0. The fourth-order valence-electron chi connectivity index (χ4n) is 2.58. The molecule has 1 aromatic rings. The highest BCUT2D eigenvalue weighted by atomic mass is 16.2. The van der Waals surface area contributed by atoms with Crippen LogP contribution in [0.1, 0.15) is 29.5 Å². The number of likely N-dealkylation sites (tertiary alicyclic amines) is 1. The van der Waals surface area contributed by atoms with Crippen LogP contribution in [0.25, 0.3) is 0 Å². The molecule has 0 aliphatic carbocycles. The molecule has 1 aromatic heterocycles. The SMILES string of the molecule is CNC1CCN(C(=O)c2cccc(C)n2)CC1C. The minimum absolute atomic E-state index is 0.0557. The second kappa shape index (κ2) is 5.48. The van der Waals surface area contributed by atoms with Crippen molar-refractivity contribution in [1.82, 2.24) is 15.2 Å². The predicted octanol–water partition coefficient (Wildman–Crippen LogP) is 1.46. The molecule has 0 saturated carbocycles. The average molecular weight is 247 g/mol. The molecule has 2 unspecified atom stereocenters. The van der Waals surface area contributed by atoms with Crippen molar-refractivity contribution in [2.75, 3.05) is 20.1 Å². The number of hydrogen-bond donors (Lipinski definition) is 1. The number of rotatable bonds is 2. The molecule has 2 rings (SSSR count). The van der Waals surface area contributed by atoms with E-state index in [9.17, 15) is 4.79 Å². The van der Waals surface area contributed by atoms with E-state index in [-0.39, 0.29) is 5.91 Å². The van der Waals surface area contributed by atoms with Gasteiger partial charge in [0.25, 0.3) is 5.91 Å². The molecule has 98 valence electrons. The summed E-state index contributed by atoms with van der Waals surface area (Å²) in [6.45, 7) is 5.71. The van der Waals surface area contributed by atoms with E-state index in [1.165, 1.54) is 0 Å². The molecule has 4 heteroatoms. The maximum Gasteiger partial charge on any atom is 0.272 e. The van der Waals surface area contributed by atoms with E-state index in [1.54, 1.807) is 6.07 Å². The number of carbonyl (C=O) groups is 1. The summed E-state index contributed by atoms with van der Waals surface area (Å²) in [7, 11) is 1.99. The predicted molar refractivity (Wildman–Crippen MR) is 71.5 cm³/mol. The zero-order valence-electron chi connectivity index (χ0n) is 11.3. The number of amides is 1. The van der Waals surface area contributed by atoms with Gasteiger partial charge < -0.3 is 10.2 Å². The van der Waals surface area contributed by atoms with Crippen LogP contribution in [0, 0.1) is 12.8 Å². The van der Waals surface area contributed by atoms with E-state index in [0.717, 1.165) is 25.2 Å². The summed E-state index contributed by atoms with van der Waals surface area (Å²) in [4.78, 5) is 18.6. The molecule has 1 aliphatic rings. The smallest absolute Gasteiger partial charge is 0.272 e. The Morgan fingerprint density at radius 1 is 1.50 bits per heavy atom. The lowest BCUT2D eigenvalue weighted by atomic mass is 9.94. The standard InChI is InChI=1S/C14H21N3O/c1-10-9-17(8-7-12(10)15-3)14(18)13-6-4-5-11(2)16-13/h4-6,10,12,15H,7-9H2,1-3H3. The average Bonchev–Trinajstić information content (AvgIpc) is 2.37. The third-order valence-electron chi connectivity index (χ3n) is 3.67. The zero-order chi connectivity index (χ0) is 13.1. The van der Waals surface area contributed by atoms with Crippen molar-refractivity contribution in [3.8, 4) is 0 Å². The normalized spacial score (nSPS) is 24.1. The van der Waals surface area contributed by atoms with Crippen molar-refractivity contribution in [3.05, 3.63) is 29.6 Å². The van der Waals surface area contributed by atoms with Crippen molar-refractivity contribution >= 4 is 5.91 Å². The second-order valence-corrected chi connectivity index (χ2v) is 5.08. The molecule has 2 atom stereocenters. The molecule has 4 nitrogen and oxygen atoms in total. The van der Waals surface area contributed by atoms with Crippen molar-refractivity contribution in [2.24, 2.45) is 5.92 Å². The highest BCUT2D eigenvalue weighted by Gasteiger charge is 2.28. The fourth-order valence-corrected chi connectivity index (χ4v) is 2.58. The largest absolute Gasteiger partial charge is 0.337 e. The van der Waals surface area contributed by atoms with Gasteiger partial charge in [0.2, 0.25) is 0 Å². The highest BCUT2D eigenvalue weighted by molar-refractivity contribution is 5.92. The number of aryl methyl sites for hydroxylation is 1. The summed E-state index contributed by atoms with van der Waals surface area (Å²) in [5.74, 6) is 0.539. The van der Waals surface area contributed by atoms with Crippen LogP contribution < -0.4 is 5.32 Å². The number of nitrogens with one attached hydrogen (secondary N) is 1. The van der Waals surface area contributed by atoms with Gasteiger partial charge in [0.1, 0.15) is 5.69 Å². The van der Waals surface area contributed by atoms with Crippen molar-refractivity contribution in [1.29, 1.82) is 0 Å². The summed E-state index contributed by atoms with van der Waals surface area (Å²) in [5.41, 5.74) is 1.45. The molecule has 0 radical (unpaired) electrons. The van der Waals surface area contributed by atoms with Crippen LogP contribution in [0.15, 0.2) is 18.2 Å². The number of hydrogen-bond acceptors (Lipinski definition) is 3. The Kier molecular flexibility index (Phi) is 3.97. The molecule has 1 saturated heterocycles. The van der Waals surface area contributed by atoms with E-state index >= 15 is 0 Å². The first-order valence-corrected chi connectivity index (χ1v) is 6.52. The van der Waals surface area contributed by atoms with Gasteiger partial charge in [0.15, 0.2) is 0 Å². The van der Waals surface area contributed by atoms with Crippen LogP contribution in [0.4, 0.5) is 0 Å². The maximum atomic E-state index is 12.3. The van der Waals surface area contributed by atoms with Crippen LogP contribution in [0.3, 0.4) is 0 Å². The van der Waals surface area contributed by atoms with Gasteiger partial charge in [-0.05, 0) is 38.4 Å². The molecule has 1 fully saturated rings. The van der Waals surface area contributed by atoms with Gasteiger partial charge in [-0.25, -0.2) is 4.98 Å². The quantitative estimate of drug-likeness (QED) is 0.860. The molecule has 2 heterocycles. The van der Waals surface area contributed by atoms with Crippen LogP contribution >= 0.6 is 0 Å². The molecule has 0 aromatic carbocycles. The van der Waals surface area contributed by atoms with Crippen molar-refractivity contribution < 1.29 is 4.79 Å². The lowest BCUT2D eigenvalue weighted by Gasteiger charge is -2.36. The van der Waals surface area contributed by atoms with Gasteiger partial charge in [-0.2, -0.15) is 0 Å². The van der Waals surface area contributed by atoms with E-state index < -0.39 is 0 Å². The number of aromatic nitrogens is 1. The van der Waals surface area contributed by atoms with Crippen molar-refractivity contribution in [3.63, 3.8) is 0 Å². The Balaban J connectivity index is 2.07. The summed E-state index contributed by atoms with van der Waals surface area (Å²) in [5, 5.41) is 3.31. The Hall–Kier alpha value is -1.42. The molecular formula is C14H21N3O. The van der Waals surface area contributed by atoms with Gasteiger partial charge >= 0.3 is 0 Å². The second-order valence-electron chi connectivity index (χ2n) is 5.08. The topological polar surface area (TPSA) is 45.2 Å². The summed E-state index contributed by atoms with van der Waals surface area (Å²) in [6, 6.07) is 6.11. The third kappa shape index (κ3) is 2.70. The van der Waals surface area contributed by atoms with Gasteiger partial charge in [0.05, 0.1) is 0 Å². The lowest BCUT2D eigenvalue weighted by Crippen LogP contribution is -2.49. The monoisotopic (exact) mass is 247 g/mol. The maximum absolute atomic E-state index is 12.3. The number of piperidine rings is 1. The van der Waals surface area contributed by atoms with Gasteiger partial charge in [-0.3, -0.25) is 4.79 Å². The Labute approximate surface area is 108 Å².